The van der Waals surface area contributed by atoms with Crippen molar-refractivity contribution in [2.45, 2.75) is 45.6 Å². The number of hydrogen-bond donors (Lipinski definition) is 0. The Kier molecular flexibility index (Phi) is 4.46. The summed E-state index contributed by atoms with van der Waals surface area (Å²) in [4.78, 5) is 13.8. The average molecular weight is 171 g/mol. The summed E-state index contributed by atoms with van der Waals surface area (Å²) in [5.41, 5.74) is -0.214. The van der Waals surface area contributed by atoms with Gasteiger partial charge < -0.3 is 0 Å². The zero-order chi connectivity index (χ0) is 9.78. The summed E-state index contributed by atoms with van der Waals surface area (Å²) in [6, 6.07) is 0. The standard InChI is InChI=1S/C10H21NO/c1-6-9(12)10(7-2,8-3)11(4)5/h6-8H2,1-5H3. The molecule has 0 rings (SSSR count). The Morgan fingerprint density at radius 1 is 1.17 bits per heavy atom. The fourth-order valence-corrected chi connectivity index (χ4v) is 1.86. The quantitative estimate of drug-likeness (QED) is 0.631. The van der Waals surface area contributed by atoms with Crippen LogP contribution in [0.2, 0.25) is 0 Å². The molecule has 0 aliphatic heterocycles. The second-order valence-electron chi connectivity index (χ2n) is 3.41. The van der Waals surface area contributed by atoms with Gasteiger partial charge in [0.1, 0.15) is 0 Å². The molecule has 0 N–H and O–H groups in total. The summed E-state index contributed by atoms with van der Waals surface area (Å²) in [7, 11) is 3.97. The zero-order valence-electron chi connectivity index (χ0n) is 8.98. The van der Waals surface area contributed by atoms with Gasteiger partial charge in [0.15, 0.2) is 5.78 Å². The predicted molar refractivity (Wildman–Crippen MR) is 52.3 cm³/mol. The lowest BCUT2D eigenvalue weighted by molar-refractivity contribution is -0.130. The van der Waals surface area contributed by atoms with Crippen LogP contribution in [0.5, 0.6) is 0 Å². The minimum absolute atomic E-state index is 0.214. The second kappa shape index (κ2) is 4.61. The molecule has 0 unspecified atom stereocenters. The van der Waals surface area contributed by atoms with Crippen molar-refractivity contribution in [3.8, 4) is 0 Å². The average Bonchev–Trinajstić information content (AvgIpc) is 2.06. The normalized spacial score (nSPS) is 12.2. The lowest BCUT2D eigenvalue weighted by Gasteiger charge is -2.36. The Balaban J connectivity index is 4.69. The Morgan fingerprint density at radius 3 is 1.67 bits per heavy atom. The van der Waals surface area contributed by atoms with Gasteiger partial charge in [-0.1, -0.05) is 20.8 Å². The summed E-state index contributed by atoms with van der Waals surface area (Å²) in [5, 5.41) is 0. The molecule has 0 aromatic heterocycles. The third kappa shape index (κ3) is 1.86. The number of rotatable bonds is 5. The van der Waals surface area contributed by atoms with Gasteiger partial charge in [0.05, 0.1) is 5.54 Å². The van der Waals surface area contributed by atoms with Gasteiger partial charge in [-0.2, -0.15) is 0 Å². The number of likely N-dealkylation sites (N-methyl/N-ethyl adjacent to an activating group) is 1. The van der Waals surface area contributed by atoms with Gasteiger partial charge in [-0.25, -0.2) is 0 Å². The number of carbonyl (C=O) groups excluding carboxylic acids is 1. The van der Waals surface area contributed by atoms with E-state index in [0.29, 0.717) is 12.2 Å². The van der Waals surface area contributed by atoms with Gasteiger partial charge in [0.2, 0.25) is 0 Å². The molecular formula is C10H21NO. The van der Waals surface area contributed by atoms with Crippen LogP contribution < -0.4 is 0 Å². The smallest absolute Gasteiger partial charge is 0.152 e. The van der Waals surface area contributed by atoms with Crippen molar-refractivity contribution >= 4 is 5.78 Å². The van der Waals surface area contributed by atoms with E-state index >= 15 is 0 Å². The molecule has 0 amide bonds. The van der Waals surface area contributed by atoms with E-state index in [1.165, 1.54) is 0 Å². The first-order valence-corrected chi connectivity index (χ1v) is 4.75. The molecular weight excluding hydrogens is 150 g/mol. The maximum absolute atomic E-state index is 11.7. The van der Waals surface area contributed by atoms with Crippen LogP contribution in [0.4, 0.5) is 0 Å². The number of ketones is 1. The summed E-state index contributed by atoms with van der Waals surface area (Å²) in [6.07, 6.45) is 2.45. The molecule has 2 nitrogen and oxygen atoms in total. The van der Waals surface area contributed by atoms with Gasteiger partial charge in [0.25, 0.3) is 0 Å². The summed E-state index contributed by atoms with van der Waals surface area (Å²) in [5.74, 6) is 0.359. The Morgan fingerprint density at radius 2 is 1.58 bits per heavy atom. The van der Waals surface area contributed by atoms with Crippen LogP contribution in [0.25, 0.3) is 0 Å². The number of nitrogens with zero attached hydrogens (tertiary/aromatic N) is 1. The van der Waals surface area contributed by atoms with Crippen LogP contribution in [0, 0.1) is 0 Å². The predicted octanol–water partition coefficient (Wildman–Crippen LogP) is 2.09. The molecule has 0 radical (unpaired) electrons. The summed E-state index contributed by atoms with van der Waals surface area (Å²) >= 11 is 0. The Labute approximate surface area is 75.9 Å². The first kappa shape index (κ1) is 11.6. The van der Waals surface area contributed by atoms with E-state index in [2.05, 4.69) is 18.7 Å². The summed E-state index contributed by atoms with van der Waals surface area (Å²) in [6.45, 7) is 6.10. The Bertz CT molecular complexity index is 148. The maximum atomic E-state index is 11.7. The van der Waals surface area contributed by atoms with E-state index in [-0.39, 0.29) is 5.54 Å². The van der Waals surface area contributed by atoms with E-state index < -0.39 is 0 Å². The molecule has 0 aliphatic rings. The molecule has 12 heavy (non-hydrogen) atoms. The van der Waals surface area contributed by atoms with Crippen molar-refractivity contribution in [2.75, 3.05) is 14.1 Å². The topological polar surface area (TPSA) is 20.3 Å². The van der Waals surface area contributed by atoms with Gasteiger partial charge in [0, 0.05) is 6.42 Å². The van der Waals surface area contributed by atoms with Crippen molar-refractivity contribution in [2.24, 2.45) is 0 Å². The van der Waals surface area contributed by atoms with E-state index in [0.717, 1.165) is 12.8 Å². The lowest BCUT2D eigenvalue weighted by atomic mass is 9.85. The van der Waals surface area contributed by atoms with E-state index in [9.17, 15) is 4.79 Å². The molecule has 0 atom stereocenters. The highest BCUT2D eigenvalue weighted by Crippen LogP contribution is 2.23. The number of Topliss-reactive ketones (excluding diaryl/α,β-unsaturated/α-hetero) is 1. The fraction of sp³-hybridized carbons (Fsp3) is 0.900. The molecule has 0 spiro atoms. The largest absolute Gasteiger partial charge is 0.298 e. The third-order valence-corrected chi connectivity index (χ3v) is 2.87. The SMILES string of the molecule is CCC(=O)C(CC)(CC)N(C)C. The Hall–Kier alpha value is -0.370. The minimum Gasteiger partial charge on any atom is -0.298 e. The number of carbonyl (C=O) groups is 1. The molecule has 0 aromatic rings. The van der Waals surface area contributed by atoms with Gasteiger partial charge in [-0.3, -0.25) is 9.69 Å². The van der Waals surface area contributed by atoms with Crippen LogP contribution in [0.15, 0.2) is 0 Å². The highest BCUT2D eigenvalue weighted by atomic mass is 16.1. The molecule has 72 valence electrons. The molecule has 2 heteroatoms. The molecule has 0 saturated heterocycles. The fourth-order valence-electron chi connectivity index (χ4n) is 1.86. The van der Waals surface area contributed by atoms with Crippen LogP contribution in [0.1, 0.15) is 40.0 Å². The van der Waals surface area contributed by atoms with Crippen LogP contribution in [-0.4, -0.2) is 30.3 Å². The monoisotopic (exact) mass is 171 g/mol. The van der Waals surface area contributed by atoms with Gasteiger partial charge in [-0.15, -0.1) is 0 Å². The molecule has 0 aromatic carbocycles. The highest BCUT2D eigenvalue weighted by Gasteiger charge is 2.35. The van der Waals surface area contributed by atoms with Crippen molar-refractivity contribution in [1.82, 2.24) is 4.90 Å². The summed E-state index contributed by atoms with van der Waals surface area (Å²) < 4.78 is 0. The second-order valence-corrected chi connectivity index (χ2v) is 3.41. The third-order valence-electron chi connectivity index (χ3n) is 2.87. The van der Waals surface area contributed by atoms with E-state index in [1.54, 1.807) is 0 Å². The van der Waals surface area contributed by atoms with Gasteiger partial charge >= 0.3 is 0 Å². The van der Waals surface area contributed by atoms with Crippen molar-refractivity contribution < 1.29 is 4.79 Å². The van der Waals surface area contributed by atoms with Crippen LogP contribution in [0.3, 0.4) is 0 Å². The molecule has 0 heterocycles. The molecule has 0 aliphatic carbocycles. The minimum atomic E-state index is -0.214. The van der Waals surface area contributed by atoms with Crippen LogP contribution >= 0.6 is 0 Å². The molecule has 0 fully saturated rings. The van der Waals surface area contributed by atoms with Crippen molar-refractivity contribution in [1.29, 1.82) is 0 Å². The first-order valence-electron chi connectivity index (χ1n) is 4.75. The maximum Gasteiger partial charge on any atom is 0.152 e. The van der Waals surface area contributed by atoms with E-state index in [4.69, 9.17) is 0 Å². The first-order chi connectivity index (χ1) is 5.55. The van der Waals surface area contributed by atoms with Crippen LogP contribution in [-0.2, 0) is 4.79 Å². The highest BCUT2D eigenvalue weighted by molar-refractivity contribution is 5.88. The van der Waals surface area contributed by atoms with Gasteiger partial charge in [-0.05, 0) is 26.9 Å². The zero-order valence-corrected chi connectivity index (χ0v) is 8.98. The van der Waals surface area contributed by atoms with Crippen molar-refractivity contribution in [3.63, 3.8) is 0 Å². The molecule has 0 saturated carbocycles. The lowest BCUT2D eigenvalue weighted by Crippen LogP contribution is -2.49. The van der Waals surface area contributed by atoms with E-state index in [1.807, 2.05) is 21.0 Å². The molecule has 0 bridgehead atoms. The number of hydrogen-bond acceptors (Lipinski definition) is 2. The van der Waals surface area contributed by atoms with Crippen molar-refractivity contribution in [3.05, 3.63) is 0 Å².